The van der Waals surface area contributed by atoms with Gasteiger partial charge in [-0.25, -0.2) is 0 Å². The first kappa shape index (κ1) is 25.6. The Morgan fingerprint density at radius 2 is 1.92 bits per heavy atom. The molecule has 1 aromatic carbocycles. The molecular weight excluding hydrogens is 498 g/mol. The number of piperidine rings is 1. The largest absolute Gasteiger partial charge is 0.356 e. The number of nitrogens with one attached hydrogen (secondary N) is 4. The fourth-order valence-electron chi connectivity index (χ4n) is 6.12. The van der Waals surface area contributed by atoms with E-state index in [0.29, 0.717) is 31.6 Å². The average Bonchev–Trinajstić information content (AvgIpc) is 3.80. The minimum Gasteiger partial charge on any atom is -0.356 e. The fourth-order valence-corrected chi connectivity index (χ4v) is 6.12. The van der Waals surface area contributed by atoms with Crippen LogP contribution in [0.25, 0.3) is 10.9 Å². The highest BCUT2D eigenvalue weighted by Gasteiger charge is 2.51. The number of aromatic nitrogens is 1. The van der Waals surface area contributed by atoms with E-state index in [4.69, 9.17) is 0 Å². The van der Waals surface area contributed by atoms with E-state index in [2.05, 4.69) is 20.9 Å². The third kappa shape index (κ3) is 5.16. The molecule has 1 aromatic heterocycles. The molecule has 4 amide bonds. The van der Waals surface area contributed by atoms with E-state index < -0.39 is 35.6 Å². The maximum Gasteiger partial charge on any atom is 0.289 e. The van der Waals surface area contributed by atoms with E-state index in [0.717, 1.165) is 48.6 Å². The van der Waals surface area contributed by atoms with Gasteiger partial charge >= 0.3 is 0 Å². The number of fused-ring (bicyclic) bond motifs is 1. The topological polar surface area (TPSA) is 140 Å². The molecule has 0 radical (unpaired) electrons. The van der Waals surface area contributed by atoms with Crippen molar-refractivity contribution in [3.63, 3.8) is 0 Å². The number of carbonyl (C=O) groups excluding carboxylic acids is 5. The molecule has 10 nitrogen and oxygen atoms in total. The molecule has 206 valence electrons. The van der Waals surface area contributed by atoms with Crippen molar-refractivity contribution in [2.75, 3.05) is 13.1 Å². The van der Waals surface area contributed by atoms with Crippen molar-refractivity contribution in [1.82, 2.24) is 25.8 Å². The lowest BCUT2D eigenvalue weighted by atomic mass is 9.86. The lowest BCUT2D eigenvalue weighted by Crippen LogP contribution is -2.58. The molecule has 1 spiro atoms. The molecule has 2 aromatic rings. The summed E-state index contributed by atoms with van der Waals surface area (Å²) in [7, 11) is 0. The van der Waals surface area contributed by atoms with Crippen LogP contribution in [0.15, 0.2) is 24.3 Å². The Kier molecular flexibility index (Phi) is 6.43. The van der Waals surface area contributed by atoms with Crippen LogP contribution in [-0.2, 0) is 19.2 Å². The second-order valence-corrected chi connectivity index (χ2v) is 11.9. The van der Waals surface area contributed by atoms with Crippen molar-refractivity contribution in [2.24, 2.45) is 11.3 Å². The first-order valence-corrected chi connectivity index (χ1v) is 14.1. The average molecular weight is 534 g/mol. The molecule has 2 aliphatic heterocycles. The van der Waals surface area contributed by atoms with Crippen molar-refractivity contribution >= 4 is 40.3 Å². The maximum absolute atomic E-state index is 13.8. The first-order chi connectivity index (χ1) is 18.7. The number of hydrogen-bond acceptors (Lipinski definition) is 5. The van der Waals surface area contributed by atoms with Crippen LogP contribution in [-0.4, -0.2) is 70.5 Å². The number of ketones is 1. The van der Waals surface area contributed by atoms with Crippen LogP contribution in [0.5, 0.6) is 0 Å². The molecule has 3 atom stereocenters. The van der Waals surface area contributed by atoms with Crippen LogP contribution < -0.4 is 16.0 Å². The zero-order chi connectivity index (χ0) is 27.3. The lowest BCUT2D eigenvalue weighted by molar-refractivity contribution is -0.141. The van der Waals surface area contributed by atoms with Gasteiger partial charge in [0.05, 0.1) is 6.04 Å². The van der Waals surface area contributed by atoms with E-state index in [1.165, 1.54) is 0 Å². The minimum absolute atomic E-state index is 0.00582. The highest BCUT2D eigenvalue weighted by Crippen LogP contribution is 2.55. The zero-order valence-corrected chi connectivity index (χ0v) is 22.2. The van der Waals surface area contributed by atoms with Crippen LogP contribution in [0.3, 0.4) is 0 Å². The second-order valence-electron chi connectivity index (χ2n) is 11.9. The summed E-state index contributed by atoms with van der Waals surface area (Å²) < 4.78 is 0. The third-order valence-corrected chi connectivity index (χ3v) is 8.97. The molecule has 2 aliphatic carbocycles. The number of amides is 4. The number of hydrogen-bond donors (Lipinski definition) is 4. The van der Waals surface area contributed by atoms with Gasteiger partial charge in [-0.3, -0.25) is 24.0 Å². The van der Waals surface area contributed by atoms with E-state index in [1.54, 1.807) is 4.90 Å². The van der Waals surface area contributed by atoms with Gasteiger partial charge < -0.3 is 25.8 Å². The van der Waals surface area contributed by atoms with Gasteiger partial charge in [-0.05, 0) is 81.4 Å². The Labute approximate surface area is 226 Å². The summed E-state index contributed by atoms with van der Waals surface area (Å²) in [6.45, 7) is 2.93. The number of aryl methyl sites for hydroxylation is 1. The Morgan fingerprint density at radius 3 is 2.59 bits per heavy atom. The van der Waals surface area contributed by atoms with Crippen molar-refractivity contribution in [3.8, 4) is 0 Å². The number of H-pyrrole nitrogens is 1. The molecule has 2 saturated heterocycles. The number of aromatic amines is 1. The van der Waals surface area contributed by atoms with E-state index in [1.807, 2.05) is 31.2 Å². The summed E-state index contributed by atoms with van der Waals surface area (Å²) in [4.78, 5) is 70.5. The number of carbonyl (C=O) groups is 5. The molecule has 0 bridgehead atoms. The number of Topliss-reactive ketones (excluding diaryl/α,β-unsaturated/α-hetero) is 1. The van der Waals surface area contributed by atoms with Gasteiger partial charge in [-0.15, -0.1) is 0 Å². The zero-order valence-electron chi connectivity index (χ0n) is 22.2. The van der Waals surface area contributed by atoms with Crippen molar-refractivity contribution in [2.45, 2.75) is 76.4 Å². The quantitative estimate of drug-likeness (QED) is 0.383. The van der Waals surface area contributed by atoms with E-state index >= 15 is 0 Å². The predicted molar refractivity (Wildman–Crippen MR) is 143 cm³/mol. The van der Waals surface area contributed by atoms with E-state index in [-0.39, 0.29) is 29.7 Å². The minimum atomic E-state index is -1.13. The molecule has 3 heterocycles. The van der Waals surface area contributed by atoms with Crippen LogP contribution in [0, 0.1) is 18.3 Å². The van der Waals surface area contributed by atoms with Gasteiger partial charge in [0.2, 0.25) is 17.6 Å². The molecule has 3 unspecified atom stereocenters. The summed E-state index contributed by atoms with van der Waals surface area (Å²) in [6, 6.07) is 5.76. The predicted octanol–water partition coefficient (Wildman–Crippen LogP) is 1.72. The fraction of sp³-hybridized carbons (Fsp3) is 0.552. The Morgan fingerprint density at radius 1 is 1.13 bits per heavy atom. The van der Waals surface area contributed by atoms with E-state index in [9.17, 15) is 24.0 Å². The van der Waals surface area contributed by atoms with Gasteiger partial charge in [0.25, 0.3) is 11.8 Å². The van der Waals surface area contributed by atoms with Gasteiger partial charge in [-0.1, -0.05) is 12.1 Å². The Bertz CT molecular complexity index is 1360. The maximum atomic E-state index is 13.8. The van der Waals surface area contributed by atoms with Crippen molar-refractivity contribution in [3.05, 3.63) is 35.5 Å². The number of nitrogens with zero attached hydrogens (tertiary/aromatic N) is 1. The molecule has 10 heteroatoms. The van der Waals surface area contributed by atoms with Crippen molar-refractivity contribution in [1.29, 1.82) is 0 Å². The van der Waals surface area contributed by atoms with Crippen LogP contribution in [0.2, 0.25) is 0 Å². The second kappa shape index (κ2) is 9.81. The highest BCUT2D eigenvalue weighted by molar-refractivity contribution is 6.38. The molecule has 39 heavy (non-hydrogen) atoms. The molecule has 4 N–H and O–H groups in total. The Hall–Kier alpha value is -3.69. The van der Waals surface area contributed by atoms with Crippen LogP contribution in [0.4, 0.5) is 0 Å². The summed E-state index contributed by atoms with van der Waals surface area (Å²) in [5.74, 6) is -2.81. The SMILES string of the molecule is Cc1cccc2[nH]c(C(=O)N3CCC4(CC4)CC3C(=O)NC(CC3CCNC3=O)C(=O)C(=O)NC3CC3)cc12. The third-order valence-electron chi connectivity index (χ3n) is 8.97. The van der Waals surface area contributed by atoms with Gasteiger partial charge in [0, 0.05) is 36.0 Å². The molecule has 2 saturated carbocycles. The highest BCUT2D eigenvalue weighted by atomic mass is 16.2. The van der Waals surface area contributed by atoms with Gasteiger partial charge in [0.1, 0.15) is 11.7 Å². The summed E-state index contributed by atoms with van der Waals surface area (Å²) in [5, 5.41) is 9.23. The summed E-state index contributed by atoms with van der Waals surface area (Å²) >= 11 is 0. The number of rotatable bonds is 8. The van der Waals surface area contributed by atoms with Crippen molar-refractivity contribution < 1.29 is 24.0 Å². The monoisotopic (exact) mass is 533 g/mol. The van der Waals surface area contributed by atoms with Gasteiger partial charge in [-0.2, -0.15) is 0 Å². The number of likely N-dealkylation sites (tertiary alicyclic amines) is 1. The van der Waals surface area contributed by atoms with Crippen LogP contribution in [0.1, 0.15) is 67.4 Å². The van der Waals surface area contributed by atoms with Gasteiger partial charge in [0.15, 0.2) is 0 Å². The first-order valence-electron chi connectivity index (χ1n) is 14.1. The lowest BCUT2D eigenvalue weighted by Gasteiger charge is -2.39. The summed E-state index contributed by atoms with van der Waals surface area (Å²) in [6.07, 6.45) is 5.63. The molecular formula is C29H35N5O5. The summed E-state index contributed by atoms with van der Waals surface area (Å²) in [5.41, 5.74) is 2.37. The molecule has 4 fully saturated rings. The molecule has 6 rings (SSSR count). The normalized spacial score (nSPS) is 24.3. The Balaban J connectivity index is 1.24. The standard InChI is InChI=1S/C29H35N5O5/c1-16-3-2-4-20-19(16)14-22(32-20)28(39)34-12-10-29(8-9-29)15-23(34)26(37)33-21(13-17-7-11-30-25(17)36)24(35)27(38)31-18-5-6-18/h2-4,14,17-18,21,23,32H,5-13,15H2,1H3,(H,30,36)(H,31,38)(H,33,37). The van der Waals surface area contributed by atoms with Crippen LogP contribution >= 0.6 is 0 Å². The number of benzene rings is 1. The molecule has 4 aliphatic rings. The smallest absolute Gasteiger partial charge is 0.289 e.